The summed E-state index contributed by atoms with van der Waals surface area (Å²) in [6, 6.07) is 7.97. The summed E-state index contributed by atoms with van der Waals surface area (Å²) in [6.07, 6.45) is 1.04. The van der Waals surface area contributed by atoms with Gasteiger partial charge in [-0.25, -0.2) is 9.97 Å². The highest BCUT2D eigenvalue weighted by Crippen LogP contribution is 2.33. The molecule has 1 N–H and O–H groups in total. The highest BCUT2D eigenvalue weighted by atomic mass is 16.5. The molecule has 4 nitrogen and oxygen atoms in total. The highest BCUT2D eigenvalue weighted by Gasteiger charge is 2.14. The third-order valence-corrected chi connectivity index (χ3v) is 3.29. The first-order valence-corrected chi connectivity index (χ1v) is 7.48. The molecule has 1 heterocycles. The molecule has 0 spiro atoms. The van der Waals surface area contributed by atoms with E-state index in [9.17, 15) is 0 Å². The average molecular weight is 285 g/mol. The zero-order chi connectivity index (χ0) is 15.2. The fourth-order valence-electron chi connectivity index (χ4n) is 2.10. The number of aryl methyl sites for hydroxylation is 2. The van der Waals surface area contributed by atoms with Crippen molar-refractivity contribution in [2.24, 2.45) is 0 Å². The standard InChI is InChI=1S/C17H23N3O/c1-5-11-18-17-16(19-12(3)13(4)20-17)14-9-7-8-10-15(14)21-6-2/h7-10H,5-6,11H2,1-4H3,(H,18,20). The molecule has 1 aromatic heterocycles. The fourth-order valence-corrected chi connectivity index (χ4v) is 2.10. The van der Waals surface area contributed by atoms with Crippen LogP contribution in [-0.2, 0) is 0 Å². The summed E-state index contributed by atoms with van der Waals surface area (Å²) in [4.78, 5) is 9.39. The van der Waals surface area contributed by atoms with Crippen LogP contribution >= 0.6 is 0 Å². The molecule has 0 bridgehead atoms. The number of nitrogens with zero attached hydrogens (tertiary/aromatic N) is 2. The van der Waals surface area contributed by atoms with Crippen LogP contribution in [0.5, 0.6) is 5.75 Å². The van der Waals surface area contributed by atoms with Gasteiger partial charge in [0.1, 0.15) is 11.4 Å². The Hall–Kier alpha value is -2.10. The number of nitrogens with one attached hydrogen (secondary N) is 1. The Bertz CT molecular complexity index is 611. The molecule has 0 amide bonds. The van der Waals surface area contributed by atoms with Gasteiger partial charge in [-0.05, 0) is 39.3 Å². The van der Waals surface area contributed by atoms with Gasteiger partial charge >= 0.3 is 0 Å². The minimum atomic E-state index is 0.632. The lowest BCUT2D eigenvalue weighted by atomic mass is 10.1. The van der Waals surface area contributed by atoms with Crippen molar-refractivity contribution in [3.8, 4) is 17.0 Å². The van der Waals surface area contributed by atoms with Crippen molar-refractivity contribution in [2.75, 3.05) is 18.5 Å². The fraction of sp³-hybridized carbons (Fsp3) is 0.412. The van der Waals surface area contributed by atoms with Crippen LogP contribution in [0.1, 0.15) is 31.7 Å². The molecule has 0 aliphatic heterocycles. The monoisotopic (exact) mass is 285 g/mol. The van der Waals surface area contributed by atoms with E-state index in [2.05, 4.69) is 17.2 Å². The lowest BCUT2D eigenvalue weighted by molar-refractivity contribution is 0.341. The molecule has 2 rings (SSSR count). The van der Waals surface area contributed by atoms with Crippen LogP contribution in [0.4, 0.5) is 5.82 Å². The number of benzene rings is 1. The minimum Gasteiger partial charge on any atom is -0.493 e. The molecule has 0 saturated heterocycles. The number of anilines is 1. The zero-order valence-electron chi connectivity index (χ0n) is 13.2. The number of hydrogen-bond donors (Lipinski definition) is 1. The molecule has 112 valence electrons. The van der Waals surface area contributed by atoms with Crippen LogP contribution in [0.2, 0.25) is 0 Å². The van der Waals surface area contributed by atoms with Crippen LogP contribution in [0, 0.1) is 13.8 Å². The van der Waals surface area contributed by atoms with Crippen LogP contribution < -0.4 is 10.1 Å². The Morgan fingerprint density at radius 3 is 2.48 bits per heavy atom. The molecule has 0 saturated carbocycles. The normalized spacial score (nSPS) is 10.5. The van der Waals surface area contributed by atoms with E-state index in [4.69, 9.17) is 9.72 Å². The van der Waals surface area contributed by atoms with Crippen LogP contribution in [0.3, 0.4) is 0 Å². The summed E-state index contributed by atoms with van der Waals surface area (Å²) in [7, 11) is 0. The van der Waals surface area contributed by atoms with Crippen molar-refractivity contribution in [3.63, 3.8) is 0 Å². The molecule has 0 atom stereocenters. The molecule has 0 unspecified atom stereocenters. The first-order chi connectivity index (χ1) is 10.2. The molecule has 0 aliphatic carbocycles. The number of ether oxygens (including phenoxy) is 1. The molecule has 4 heteroatoms. The highest BCUT2D eigenvalue weighted by molar-refractivity contribution is 5.76. The summed E-state index contributed by atoms with van der Waals surface area (Å²) in [5, 5.41) is 3.37. The van der Waals surface area contributed by atoms with Gasteiger partial charge in [0.25, 0.3) is 0 Å². The maximum absolute atomic E-state index is 5.73. The lowest BCUT2D eigenvalue weighted by Crippen LogP contribution is -2.08. The van der Waals surface area contributed by atoms with E-state index < -0.39 is 0 Å². The van der Waals surface area contributed by atoms with E-state index in [1.807, 2.05) is 45.0 Å². The van der Waals surface area contributed by atoms with Gasteiger partial charge < -0.3 is 10.1 Å². The predicted molar refractivity (Wildman–Crippen MR) is 86.9 cm³/mol. The van der Waals surface area contributed by atoms with Gasteiger partial charge in [0.2, 0.25) is 0 Å². The summed E-state index contributed by atoms with van der Waals surface area (Å²) in [5.74, 6) is 1.67. The van der Waals surface area contributed by atoms with Gasteiger partial charge in [-0.15, -0.1) is 0 Å². The number of rotatable bonds is 6. The smallest absolute Gasteiger partial charge is 0.153 e. The third-order valence-electron chi connectivity index (χ3n) is 3.29. The van der Waals surface area contributed by atoms with Crippen molar-refractivity contribution in [1.82, 2.24) is 9.97 Å². The second kappa shape index (κ2) is 7.07. The second-order valence-electron chi connectivity index (χ2n) is 4.95. The molecular weight excluding hydrogens is 262 g/mol. The maximum Gasteiger partial charge on any atom is 0.153 e. The van der Waals surface area contributed by atoms with Crippen molar-refractivity contribution in [2.45, 2.75) is 34.1 Å². The van der Waals surface area contributed by atoms with Crippen molar-refractivity contribution >= 4 is 5.82 Å². The third kappa shape index (κ3) is 3.51. The summed E-state index contributed by atoms with van der Waals surface area (Å²) in [6.45, 7) is 9.60. The Morgan fingerprint density at radius 2 is 1.76 bits per heavy atom. The summed E-state index contributed by atoms with van der Waals surface area (Å²) in [5.41, 5.74) is 3.73. The topological polar surface area (TPSA) is 47.0 Å². The molecule has 0 fully saturated rings. The van der Waals surface area contributed by atoms with Gasteiger partial charge in [0.05, 0.1) is 18.0 Å². The Balaban J connectivity index is 2.53. The van der Waals surface area contributed by atoms with E-state index in [1.54, 1.807) is 0 Å². The SMILES string of the molecule is CCCNc1nc(C)c(C)nc1-c1ccccc1OCC. The van der Waals surface area contributed by atoms with Gasteiger partial charge in [0.15, 0.2) is 5.82 Å². The molecular formula is C17H23N3O. The number of hydrogen-bond acceptors (Lipinski definition) is 4. The lowest BCUT2D eigenvalue weighted by Gasteiger charge is -2.15. The summed E-state index contributed by atoms with van der Waals surface area (Å²) >= 11 is 0. The number of para-hydroxylation sites is 1. The second-order valence-corrected chi connectivity index (χ2v) is 4.95. The van der Waals surface area contributed by atoms with E-state index in [-0.39, 0.29) is 0 Å². The molecule has 2 aromatic rings. The van der Waals surface area contributed by atoms with E-state index in [0.29, 0.717) is 6.61 Å². The molecule has 0 radical (unpaired) electrons. The zero-order valence-corrected chi connectivity index (χ0v) is 13.2. The quantitative estimate of drug-likeness (QED) is 0.872. The van der Waals surface area contributed by atoms with Crippen LogP contribution in [-0.4, -0.2) is 23.1 Å². The Labute approximate surface area is 126 Å². The number of aromatic nitrogens is 2. The minimum absolute atomic E-state index is 0.632. The van der Waals surface area contributed by atoms with Gasteiger partial charge in [0, 0.05) is 12.1 Å². The van der Waals surface area contributed by atoms with Crippen molar-refractivity contribution in [1.29, 1.82) is 0 Å². The molecule has 1 aromatic carbocycles. The maximum atomic E-state index is 5.73. The van der Waals surface area contributed by atoms with Crippen LogP contribution in [0.15, 0.2) is 24.3 Å². The van der Waals surface area contributed by atoms with Crippen molar-refractivity contribution < 1.29 is 4.74 Å². The molecule has 21 heavy (non-hydrogen) atoms. The van der Waals surface area contributed by atoms with Gasteiger partial charge in [-0.1, -0.05) is 19.1 Å². The first-order valence-electron chi connectivity index (χ1n) is 7.48. The van der Waals surface area contributed by atoms with E-state index in [0.717, 1.165) is 47.2 Å². The van der Waals surface area contributed by atoms with Gasteiger partial charge in [-0.3, -0.25) is 0 Å². The first kappa shape index (κ1) is 15.3. The summed E-state index contributed by atoms with van der Waals surface area (Å²) < 4.78 is 5.73. The van der Waals surface area contributed by atoms with Gasteiger partial charge in [-0.2, -0.15) is 0 Å². The average Bonchev–Trinajstić information content (AvgIpc) is 2.49. The van der Waals surface area contributed by atoms with E-state index >= 15 is 0 Å². The molecule has 0 aliphatic rings. The Morgan fingerprint density at radius 1 is 1.05 bits per heavy atom. The largest absolute Gasteiger partial charge is 0.493 e. The predicted octanol–water partition coefficient (Wildman–Crippen LogP) is 3.98. The van der Waals surface area contributed by atoms with Crippen molar-refractivity contribution in [3.05, 3.63) is 35.7 Å². The van der Waals surface area contributed by atoms with Crippen LogP contribution in [0.25, 0.3) is 11.3 Å². The Kier molecular flexibility index (Phi) is 5.14. The van der Waals surface area contributed by atoms with E-state index in [1.165, 1.54) is 0 Å².